The number of piperidine rings is 1. The second-order valence-corrected chi connectivity index (χ2v) is 6.74. The minimum absolute atomic E-state index is 0.0319. The predicted molar refractivity (Wildman–Crippen MR) is 75.0 cm³/mol. The summed E-state index contributed by atoms with van der Waals surface area (Å²) in [6.45, 7) is 8.16. The third kappa shape index (κ3) is 2.82. The third-order valence-corrected chi connectivity index (χ3v) is 5.50. The van der Waals surface area contributed by atoms with E-state index in [2.05, 4.69) is 11.8 Å². The molecule has 2 N–H and O–H groups in total. The summed E-state index contributed by atoms with van der Waals surface area (Å²) >= 11 is 0. The number of ether oxygens (including phenoxy) is 2. The molecule has 4 nitrogen and oxygen atoms in total. The topological polar surface area (TPSA) is 47.7 Å². The Hall–Kier alpha value is -0.160. The molecule has 0 bridgehead atoms. The molecule has 3 heterocycles. The van der Waals surface area contributed by atoms with Crippen LogP contribution in [0.4, 0.5) is 0 Å². The van der Waals surface area contributed by atoms with Gasteiger partial charge in [-0.05, 0) is 44.2 Å². The zero-order chi connectivity index (χ0) is 13.3. The molecule has 3 aliphatic heterocycles. The van der Waals surface area contributed by atoms with Crippen LogP contribution in [0, 0.1) is 11.8 Å². The van der Waals surface area contributed by atoms with Crippen LogP contribution in [0.3, 0.4) is 0 Å². The van der Waals surface area contributed by atoms with Crippen LogP contribution in [0.15, 0.2) is 0 Å². The molecule has 4 heteroatoms. The maximum absolute atomic E-state index is 6.05. The number of nitrogens with zero attached hydrogens (tertiary/aromatic N) is 1. The van der Waals surface area contributed by atoms with Crippen molar-refractivity contribution in [2.45, 2.75) is 44.2 Å². The van der Waals surface area contributed by atoms with Gasteiger partial charge in [0.25, 0.3) is 0 Å². The van der Waals surface area contributed by atoms with Gasteiger partial charge in [-0.2, -0.15) is 0 Å². The highest BCUT2D eigenvalue weighted by molar-refractivity contribution is 4.95. The molecule has 0 radical (unpaired) electrons. The van der Waals surface area contributed by atoms with Gasteiger partial charge in [-0.15, -0.1) is 0 Å². The molecular weight excluding hydrogens is 240 g/mol. The number of hydrogen-bond acceptors (Lipinski definition) is 4. The standard InChI is InChI=1S/C15H28N2O2/c1-12-2-5-17(10-13(12)9-16)14-3-6-19-15(8-14)4-7-18-11-15/h12-14H,2-11,16H2,1H3. The molecule has 0 amide bonds. The first-order chi connectivity index (χ1) is 9.22. The second-order valence-electron chi connectivity index (χ2n) is 6.74. The first-order valence-electron chi connectivity index (χ1n) is 7.88. The average molecular weight is 268 g/mol. The molecule has 0 saturated carbocycles. The van der Waals surface area contributed by atoms with Gasteiger partial charge >= 0.3 is 0 Å². The summed E-state index contributed by atoms with van der Waals surface area (Å²) in [5.41, 5.74) is 5.96. The van der Waals surface area contributed by atoms with Crippen molar-refractivity contribution >= 4 is 0 Å². The van der Waals surface area contributed by atoms with Crippen LogP contribution >= 0.6 is 0 Å². The average Bonchev–Trinajstić information content (AvgIpc) is 2.87. The normalized spacial score (nSPS) is 44.8. The fourth-order valence-corrected chi connectivity index (χ4v) is 3.99. The van der Waals surface area contributed by atoms with Gasteiger partial charge in [-0.25, -0.2) is 0 Å². The predicted octanol–water partition coefficient (Wildman–Crippen LogP) is 1.24. The van der Waals surface area contributed by atoms with Gasteiger partial charge in [0.1, 0.15) is 0 Å². The van der Waals surface area contributed by atoms with Gasteiger partial charge in [0.05, 0.1) is 12.2 Å². The van der Waals surface area contributed by atoms with Gasteiger partial charge < -0.3 is 15.2 Å². The van der Waals surface area contributed by atoms with Gasteiger partial charge in [-0.1, -0.05) is 6.92 Å². The van der Waals surface area contributed by atoms with Crippen molar-refractivity contribution in [2.24, 2.45) is 17.6 Å². The van der Waals surface area contributed by atoms with E-state index in [1.807, 2.05) is 0 Å². The smallest absolute Gasteiger partial charge is 0.0951 e. The minimum Gasteiger partial charge on any atom is -0.378 e. The maximum atomic E-state index is 6.05. The van der Waals surface area contributed by atoms with E-state index in [9.17, 15) is 0 Å². The molecule has 0 aromatic carbocycles. The Bertz CT molecular complexity index is 305. The molecule has 0 aliphatic carbocycles. The highest BCUT2D eigenvalue weighted by Crippen LogP contribution is 2.36. The molecule has 1 spiro atoms. The first-order valence-corrected chi connectivity index (χ1v) is 7.88. The van der Waals surface area contributed by atoms with E-state index in [4.69, 9.17) is 15.2 Å². The zero-order valence-electron chi connectivity index (χ0n) is 12.1. The van der Waals surface area contributed by atoms with Crippen LogP contribution in [0.25, 0.3) is 0 Å². The van der Waals surface area contributed by atoms with Crippen LogP contribution in [-0.2, 0) is 9.47 Å². The van der Waals surface area contributed by atoms with E-state index < -0.39 is 0 Å². The van der Waals surface area contributed by atoms with Crippen LogP contribution in [0.1, 0.15) is 32.6 Å². The first kappa shape index (κ1) is 13.8. The van der Waals surface area contributed by atoms with Gasteiger partial charge in [0.15, 0.2) is 0 Å². The number of rotatable bonds is 2. The summed E-state index contributed by atoms with van der Waals surface area (Å²) in [6, 6.07) is 0.678. The highest BCUT2D eigenvalue weighted by Gasteiger charge is 2.43. The molecule has 19 heavy (non-hydrogen) atoms. The lowest BCUT2D eigenvalue weighted by atomic mass is 9.83. The molecule has 4 unspecified atom stereocenters. The van der Waals surface area contributed by atoms with Crippen molar-refractivity contribution in [3.05, 3.63) is 0 Å². The van der Waals surface area contributed by atoms with Crippen LogP contribution < -0.4 is 5.73 Å². The lowest BCUT2D eigenvalue weighted by Crippen LogP contribution is -2.53. The number of hydrogen-bond donors (Lipinski definition) is 1. The Labute approximate surface area is 116 Å². The van der Waals surface area contributed by atoms with E-state index in [-0.39, 0.29) is 5.60 Å². The van der Waals surface area contributed by atoms with E-state index in [1.54, 1.807) is 0 Å². The van der Waals surface area contributed by atoms with Gasteiger partial charge in [-0.3, -0.25) is 4.90 Å². The summed E-state index contributed by atoms with van der Waals surface area (Å²) in [7, 11) is 0. The van der Waals surface area contributed by atoms with Crippen molar-refractivity contribution in [3.63, 3.8) is 0 Å². The van der Waals surface area contributed by atoms with Crippen LogP contribution in [0.2, 0.25) is 0 Å². The second kappa shape index (κ2) is 5.68. The summed E-state index contributed by atoms with van der Waals surface area (Å²) in [4.78, 5) is 2.68. The molecule has 0 aromatic rings. The van der Waals surface area contributed by atoms with Crippen LogP contribution in [-0.4, -0.2) is 56.0 Å². The van der Waals surface area contributed by atoms with Crippen molar-refractivity contribution in [3.8, 4) is 0 Å². The molecule has 3 aliphatic rings. The minimum atomic E-state index is 0.0319. The zero-order valence-corrected chi connectivity index (χ0v) is 12.1. The quantitative estimate of drug-likeness (QED) is 0.818. The maximum Gasteiger partial charge on any atom is 0.0951 e. The molecule has 110 valence electrons. The molecule has 3 rings (SSSR count). The monoisotopic (exact) mass is 268 g/mol. The summed E-state index contributed by atoms with van der Waals surface area (Å²) in [5.74, 6) is 1.46. The lowest BCUT2D eigenvalue weighted by Gasteiger charge is -2.46. The largest absolute Gasteiger partial charge is 0.378 e. The van der Waals surface area contributed by atoms with E-state index in [0.717, 1.165) is 45.1 Å². The van der Waals surface area contributed by atoms with Crippen molar-refractivity contribution in [1.29, 1.82) is 0 Å². The van der Waals surface area contributed by atoms with Crippen LogP contribution in [0.5, 0.6) is 0 Å². The highest BCUT2D eigenvalue weighted by atomic mass is 16.6. The fourth-order valence-electron chi connectivity index (χ4n) is 3.99. The summed E-state index contributed by atoms with van der Waals surface area (Å²) in [5, 5.41) is 0. The van der Waals surface area contributed by atoms with Gasteiger partial charge in [0, 0.05) is 32.2 Å². The third-order valence-electron chi connectivity index (χ3n) is 5.50. The molecule has 3 fully saturated rings. The summed E-state index contributed by atoms with van der Waals surface area (Å²) < 4.78 is 11.6. The molecule has 3 saturated heterocycles. The Morgan fingerprint density at radius 2 is 2.21 bits per heavy atom. The number of nitrogens with two attached hydrogens (primary N) is 1. The SMILES string of the molecule is CC1CCN(C2CCOC3(CCOC3)C2)CC1CN. The van der Waals surface area contributed by atoms with Crippen molar-refractivity contribution < 1.29 is 9.47 Å². The Balaban J connectivity index is 1.62. The van der Waals surface area contributed by atoms with Gasteiger partial charge in [0.2, 0.25) is 0 Å². The van der Waals surface area contributed by atoms with Crippen molar-refractivity contribution in [1.82, 2.24) is 4.90 Å². The molecule has 0 aromatic heterocycles. The Morgan fingerprint density at radius 1 is 1.32 bits per heavy atom. The molecular formula is C15H28N2O2. The summed E-state index contributed by atoms with van der Waals surface area (Å²) in [6.07, 6.45) is 4.70. The lowest BCUT2D eigenvalue weighted by molar-refractivity contribution is -0.111. The Kier molecular flexibility index (Phi) is 4.13. The van der Waals surface area contributed by atoms with E-state index >= 15 is 0 Å². The van der Waals surface area contributed by atoms with E-state index in [0.29, 0.717) is 12.0 Å². The van der Waals surface area contributed by atoms with Crippen molar-refractivity contribution in [2.75, 3.05) is 39.5 Å². The Morgan fingerprint density at radius 3 is 2.95 bits per heavy atom. The fraction of sp³-hybridized carbons (Fsp3) is 1.00. The number of likely N-dealkylation sites (tertiary alicyclic amines) is 1. The molecule has 4 atom stereocenters. The van der Waals surface area contributed by atoms with E-state index in [1.165, 1.54) is 25.9 Å².